The summed E-state index contributed by atoms with van der Waals surface area (Å²) in [5.41, 5.74) is 1.35. The molecule has 1 N–H and O–H groups in total. The molecule has 2 rings (SSSR count). The minimum atomic E-state index is 0.759. The standard InChI is InChI=1S/C16H25NO2/c1-2-9-17-10-4-3-6-14-7-8-15-16(13-14)19-12-5-11-18-15/h7-8,13,17H,2-6,9-12H2,1H3. The Kier molecular flexibility index (Phi) is 6.02. The fraction of sp³-hybridized carbons (Fsp3) is 0.625. The van der Waals surface area contributed by atoms with E-state index >= 15 is 0 Å². The lowest BCUT2D eigenvalue weighted by Crippen LogP contribution is -2.15. The Hall–Kier alpha value is -1.22. The van der Waals surface area contributed by atoms with Gasteiger partial charge in [0.25, 0.3) is 0 Å². The molecule has 1 aliphatic heterocycles. The Bertz CT molecular complexity index is 379. The van der Waals surface area contributed by atoms with E-state index in [2.05, 4.69) is 24.4 Å². The van der Waals surface area contributed by atoms with Crippen molar-refractivity contribution in [3.05, 3.63) is 23.8 Å². The van der Waals surface area contributed by atoms with Crippen molar-refractivity contribution in [3.8, 4) is 11.5 Å². The first kappa shape index (κ1) is 14.2. The zero-order valence-electron chi connectivity index (χ0n) is 11.9. The van der Waals surface area contributed by atoms with Crippen molar-refractivity contribution in [2.75, 3.05) is 26.3 Å². The molecule has 0 atom stereocenters. The fourth-order valence-electron chi connectivity index (χ4n) is 2.24. The van der Waals surface area contributed by atoms with Crippen LogP contribution in [0.15, 0.2) is 18.2 Å². The van der Waals surface area contributed by atoms with Gasteiger partial charge in [0.2, 0.25) is 0 Å². The number of unbranched alkanes of at least 4 members (excludes halogenated alkanes) is 1. The van der Waals surface area contributed by atoms with Gasteiger partial charge in [-0.25, -0.2) is 0 Å². The Morgan fingerprint density at radius 1 is 1.05 bits per heavy atom. The summed E-state index contributed by atoms with van der Waals surface area (Å²) in [6.07, 6.45) is 5.74. The third-order valence-corrected chi connectivity index (χ3v) is 3.31. The van der Waals surface area contributed by atoms with Gasteiger partial charge in [0.05, 0.1) is 13.2 Å². The van der Waals surface area contributed by atoms with Crippen LogP contribution in [-0.4, -0.2) is 26.3 Å². The molecule has 1 heterocycles. The van der Waals surface area contributed by atoms with Crippen molar-refractivity contribution < 1.29 is 9.47 Å². The van der Waals surface area contributed by atoms with E-state index in [1.165, 1.54) is 24.8 Å². The van der Waals surface area contributed by atoms with Gasteiger partial charge in [-0.3, -0.25) is 0 Å². The zero-order valence-corrected chi connectivity index (χ0v) is 11.9. The van der Waals surface area contributed by atoms with E-state index in [0.717, 1.165) is 50.6 Å². The van der Waals surface area contributed by atoms with Gasteiger partial charge >= 0.3 is 0 Å². The van der Waals surface area contributed by atoms with Crippen LogP contribution in [0, 0.1) is 0 Å². The first-order valence-electron chi connectivity index (χ1n) is 7.49. The van der Waals surface area contributed by atoms with Gasteiger partial charge in [-0.15, -0.1) is 0 Å². The average Bonchev–Trinajstić information content (AvgIpc) is 2.67. The van der Waals surface area contributed by atoms with Crippen LogP contribution in [0.3, 0.4) is 0 Å². The third-order valence-electron chi connectivity index (χ3n) is 3.31. The summed E-state index contributed by atoms with van der Waals surface area (Å²) in [6, 6.07) is 6.35. The monoisotopic (exact) mass is 263 g/mol. The van der Waals surface area contributed by atoms with Gasteiger partial charge in [-0.1, -0.05) is 13.0 Å². The molecule has 0 radical (unpaired) electrons. The van der Waals surface area contributed by atoms with E-state index in [1.807, 2.05) is 6.07 Å². The number of aryl methyl sites for hydroxylation is 1. The van der Waals surface area contributed by atoms with Crippen LogP contribution < -0.4 is 14.8 Å². The van der Waals surface area contributed by atoms with Gasteiger partial charge in [0, 0.05) is 6.42 Å². The Balaban J connectivity index is 1.76. The zero-order chi connectivity index (χ0) is 13.3. The van der Waals surface area contributed by atoms with E-state index in [0.29, 0.717) is 0 Å². The molecule has 3 nitrogen and oxygen atoms in total. The predicted molar refractivity (Wildman–Crippen MR) is 78.1 cm³/mol. The number of nitrogens with one attached hydrogen (secondary N) is 1. The van der Waals surface area contributed by atoms with Gasteiger partial charge < -0.3 is 14.8 Å². The first-order chi connectivity index (χ1) is 9.40. The van der Waals surface area contributed by atoms with Gasteiger partial charge in [-0.2, -0.15) is 0 Å². The van der Waals surface area contributed by atoms with E-state index in [9.17, 15) is 0 Å². The lowest BCUT2D eigenvalue weighted by molar-refractivity contribution is 0.297. The summed E-state index contributed by atoms with van der Waals surface area (Å²) >= 11 is 0. The fourth-order valence-corrected chi connectivity index (χ4v) is 2.24. The van der Waals surface area contributed by atoms with Crippen LogP contribution in [0.25, 0.3) is 0 Å². The minimum absolute atomic E-state index is 0.759. The van der Waals surface area contributed by atoms with Crippen LogP contribution in [0.4, 0.5) is 0 Å². The quantitative estimate of drug-likeness (QED) is 0.766. The second-order valence-corrected chi connectivity index (χ2v) is 5.04. The highest BCUT2D eigenvalue weighted by atomic mass is 16.5. The second-order valence-electron chi connectivity index (χ2n) is 5.04. The highest BCUT2D eigenvalue weighted by Crippen LogP contribution is 2.30. The first-order valence-corrected chi connectivity index (χ1v) is 7.49. The molecule has 0 spiro atoms. The predicted octanol–water partition coefficient (Wildman–Crippen LogP) is 3.17. The number of fused-ring (bicyclic) bond motifs is 1. The van der Waals surface area contributed by atoms with Crippen LogP contribution in [0.1, 0.15) is 38.2 Å². The van der Waals surface area contributed by atoms with Gasteiger partial charge in [0.15, 0.2) is 11.5 Å². The summed E-state index contributed by atoms with van der Waals surface area (Å²) in [7, 11) is 0. The van der Waals surface area contributed by atoms with Crippen LogP contribution >= 0.6 is 0 Å². The molecule has 1 aliphatic rings. The Labute approximate surface area is 116 Å². The smallest absolute Gasteiger partial charge is 0.161 e. The molecule has 0 aromatic heterocycles. The van der Waals surface area contributed by atoms with E-state index in [1.54, 1.807) is 0 Å². The topological polar surface area (TPSA) is 30.5 Å². The molecule has 0 amide bonds. The lowest BCUT2D eigenvalue weighted by atomic mass is 10.1. The maximum Gasteiger partial charge on any atom is 0.161 e. The van der Waals surface area contributed by atoms with E-state index in [-0.39, 0.29) is 0 Å². The molecule has 1 aromatic rings. The van der Waals surface area contributed by atoms with Crippen molar-refractivity contribution in [2.24, 2.45) is 0 Å². The normalized spacial score (nSPS) is 14.2. The van der Waals surface area contributed by atoms with Gasteiger partial charge in [0.1, 0.15) is 0 Å². The molecular formula is C16H25NO2. The Morgan fingerprint density at radius 3 is 2.74 bits per heavy atom. The molecule has 0 bridgehead atoms. The molecule has 0 unspecified atom stereocenters. The minimum Gasteiger partial charge on any atom is -0.490 e. The van der Waals surface area contributed by atoms with Crippen molar-refractivity contribution in [1.82, 2.24) is 5.32 Å². The molecule has 1 aromatic carbocycles. The molecule has 19 heavy (non-hydrogen) atoms. The third kappa shape index (κ3) is 4.75. The summed E-state index contributed by atoms with van der Waals surface area (Å²) in [4.78, 5) is 0. The number of benzene rings is 1. The molecular weight excluding hydrogens is 238 g/mol. The molecule has 0 fully saturated rings. The second kappa shape index (κ2) is 8.05. The van der Waals surface area contributed by atoms with Crippen molar-refractivity contribution in [3.63, 3.8) is 0 Å². The maximum absolute atomic E-state index is 5.71. The maximum atomic E-state index is 5.71. The summed E-state index contributed by atoms with van der Waals surface area (Å²) < 4.78 is 11.3. The Morgan fingerprint density at radius 2 is 1.89 bits per heavy atom. The molecule has 106 valence electrons. The van der Waals surface area contributed by atoms with Crippen LogP contribution in [0.5, 0.6) is 11.5 Å². The molecule has 0 aliphatic carbocycles. The number of ether oxygens (including phenoxy) is 2. The average molecular weight is 263 g/mol. The number of hydrogen-bond donors (Lipinski definition) is 1. The van der Waals surface area contributed by atoms with Crippen molar-refractivity contribution in [1.29, 1.82) is 0 Å². The highest BCUT2D eigenvalue weighted by molar-refractivity contribution is 5.43. The van der Waals surface area contributed by atoms with Crippen LogP contribution in [-0.2, 0) is 6.42 Å². The summed E-state index contributed by atoms with van der Waals surface area (Å²) in [5.74, 6) is 1.81. The number of rotatable bonds is 7. The SMILES string of the molecule is CCCNCCCCc1ccc2c(c1)OCCCO2. The van der Waals surface area contributed by atoms with Crippen LogP contribution in [0.2, 0.25) is 0 Å². The van der Waals surface area contributed by atoms with Crippen molar-refractivity contribution >= 4 is 0 Å². The van der Waals surface area contributed by atoms with Gasteiger partial charge in [-0.05, 0) is 56.5 Å². The molecule has 0 saturated carbocycles. The molecule has 0 saturated heterocycles. The highest BCUT2D eigenvalue weighted by Gasteiger charge is 2.10. The molecule has 3 heteroatoms. The van der Waals surface area contributed by atoms with E-state index < -0.39 is 0 Å². The lowest BCUT2D eigenvalue weighted by Gasteiger charge is -2.09. The summed E-state index contributed by atoms with van der Waals surface area (Å²) in [5, 5.41) is 3.43. The van der Waals surface area contributed by atoms with E-state index in [4.69, 9.17) is 9.47 Å². The largest absolute Gasteiger partial charge is 0.490 e. The number of hydrogen-bond acceptors (Lipinski definition) is 3. The van der Waals surface area contributed by atoms with Crippen molar-refractivity contribution in [2.45, 2.75) is 39.0 Å². The summed E-state index contributed by atoms with van der Waals surface area (Å²) in [6.45, 7) is 5.97.